The highest BCUT2D eigenvalue weighted by atomic mass is 32.1. The van der Waals surface area contributed by atoms with Gasteiger partial charge in [-0.05, 0) is 91.4 Å². The van der Waals surface area contributed by atoms with Gasteiger partial charge in [0.25, 0.3) is 5.91 Å². The van der Waals surface area contributed by atoms with Gasteiger partial charge in [0.1, 0.15) is 17.8 Å². The summed E-state index contributed by atoms with van der Waals surface area (Å²) < 4.78 is 26.5. The minimum atomic E-state index is -3.56. The molecule has 55 heavy (non-hydrogen) atoms. The zero-order valence-electron chi connectivity index (χ0n) is 31.2. The first-order valence-corrected chi connectivity index (χ1v) is 21.8. The SMILES string of the molecule is CCCOC(=O)C(C)CNP(=O)(Cc1ccc2sc(C(=O)NC3CCC[C@H]4CC[C@@H](C(=O)N5CC(c6cccnc6)C5)N4C3=O)cc2c1)Oc1ccccc1. The maximum Gasteiger partial charge on any atom is 0.320 e. The number of thiophene rings is 1. The van der Waals surface area contributed by atoms with Crippen LogP contribution in [-0.2, 0) is 29.8 Å². The lowest BCUT2D eigenvalue weighted by molar-refractivity contribution is -0.148. The Balaban J connectivity index is 1.01. The van der Waals surface area contributed by atoms with Gasteiger partial charge in [0.05, 0.1) is 23.6 Å². The molecule has 2 N–H and O–H groups in total. The Hall–Kier alpha value is -4.58. The molecule has 0 spiro atoms. The van der Waals surface area contributed by atoms with Crippen molar-refractivity contribution >= 4 is 52.6 Å². The number of amides is 3. The number of rotatable bonds is 14. The van der Waals surface area contributed by atoms with Crippen LogP contribution in [0.5, 0.6) is 5.75 Å². The molecule has 3 aliphatic rings. The summed E-state index contributed by atoms with van der Waals surface area (Å²) in [5, 5.41) is 6.84. The summed E-state index contributed by atoms with van der Waals surface area (Å²) in [6, 6.07) is 19.0. The second-order valence-corrected chi connectivity index (χ2v) is 18.1. The molecular weight excluding hydrogens is 738 g/mol. The minimum absolute atomic E-state index is 0.00378. The number of esters is 1. The predicted octanol–water partition coefficient (Wildman–Crippen LogP) is 6.52. The molecule has 14 heteroatoms. The molecule has 2 aromatic carbocycles. The zero-order valence-corrected chi connectivity index (χ0v) is 32.9. The molecule has 3 aliphatic heterocycles. The van der Waals surface area contributed by atoms with Crippen LogP contribution < -0.4 is 14.9 Å². The third-order valence-electron chi connectivity index (χ3n) is 10.7. The zero-order chi connectivity index (χ0) is 38.5. The number of likely N-dealkylation sites (tertiary alicyclic amines) is 1. The number of ether oxygens (including phenoxy) is 1. The summed E-state index contributed by atoms with van der Waals surface area (Å²) in [5.41, 5.74) is 1.85. The van der Waals surface area contributed by atoms with Gasteiger partial charge in [-0.1, -0.05) is 44.2 Å². The van der Waals surface area contributed by atoms with E-state index in [4.69, 9.17) is 9.26 Å². The number of carbonyl (C=O) groups excluding carboxylic acids is 4. The monoisotopic (exact) mass is 785 g/mol. The molecule has 3 saturated heterocycles. The van der Waals surface area contributed by atoms with Gasteiger partial charge >= 0.3 is 13.5 Å². The van der Waals surface area contributed by atoms with Gasteiger partial charge in [0, 0.05) is 48.7 Å². The molecule has 2 aromatic heterocycles. The molecule has 5 heterocycles. The second-order valence-electron chi connectivity index (χ2n) is 14.8. The van der Waals surface area contributed by atoms with Gasteiger partial charge in [-0.25, -0.2) is 5.09 Å². The van der Waals surface area contributed by atoms with E-state index in [1.54, 1.807) is 48.4 Å². The Labute approximate surface area is 325 Å². The summed E-state index contributed by atoms with van der Waals surface area (Å²) in [4.78, 5) is 62.1. The molecule has 0 radical (unpaired) electrons. The van der Waals surface area contributed by atoms with Crippen LogP contribution in [0.25, 0.3) is 10.1 Å². The number of nitrogens with zero attached hydrogens (tertiary/aromatic N) is 3. The fourth-order valence-electron chi connectivity index (χ4n) is 7.68. The molecule has 5 atom stereocenters. The summed E-state index contributed by atoms with van der Waals surface area (Å²) in [6.45, 7) is 5.31. The summed E-state index contributed by atoms with van der Waals surface area (Å²) in [7, 11) is -3.56. The normalized spacial score (nSPS) is 21.6. The predicted molar refractivity (Wildman–Crippen MR) is 211 cm³/mol. The Bertz CT molecular complexity index is 2060. The van der Waals surface area contributed by atoms with E-state index in [0.717, 1.165) is 40.5 Å². The second kappa shape index (κ2) is 17.1. The van der Waals surface area contributed by atoms with Crippen LogP contribution in [0.15, 0.2) is 79.1 Å². The van der Waals surface area contributed by atoms with Crippen molar-refractivity contribution in [1.82, 2.24) is 25.2 Å². The Kier molecular flexibility index (Phi) is 12.0. The fraction of sp³-hybridized carbons (Fsp3) is 0.439. The van der Waals surface area contributed by atoms with E-state index in [9.17, 15) is 23.7 Å². The lowest BCUT2D eigenvalue weighted by Gasteiger charge is -2.42. The number of para-hydroxylation sites is 1. The van der Waals surface area contributed by atoms with E-state index in [1.165, 1.54) is 11.3 Å². The van der Waals surface area contributed by atoms with E-state index in [1.807, 2.05) is 54.4 Å². The Morgan fingerprint density at radius 3 is 2.60 bits per heavy atom. The van der Waals surface area contributed by atoms with Crippen molar-refractivity contribution in [1.29, 1.82) is 0 Å². The van der Waals surface area contributed by atoms with E-state index in [2.05, 4.69) is 15.4 Å². The number of hydrogen-bond acceptors (Lipinski definition) is 9. The van der Waals surface area contributed by atoms with Crippen LogP contribution in [0.4, 0.5) is 0 Å². The first-order valence-electron chi connectivity index (χ1n) is 19.2. The van der Waals surface area contributed by atoms with Crippen molar-refractivity contribution in [3.63, 3.8) is 0 Å². The third-order valence-corrected chi connectivity index (χ3v) is 13.8. The number of benzene rings is 2. The van der Waals surface area contributed by atoms with Gasteiger partial charge in [0.2, 0.25) is 11.8 Å². The quantitative estimate of drug-likeness (QED) is 0.108. The van der Waals surface area contributed by atoms with Gasteiger partial charge in [0.15, 0.2) is 0 Å². The molecule has 290 valence electrons. The maximum absolute atomic E-state index is 14.3. The standard InChI is InChI=1S/C41H48N5O7PS/c1-3-19-52-41(50)27(2)22-43-54(51,53-33-11-5-4-6-12-33)26-28-14-17-36-30(20-28)21-37(55-36)38(47)44-34-13-7-10-32-15-16-35(46(32)39(34)48)40(49)45-24-31(25-45)29-9-8-18-42-23-29/h4-6,8-9,11-12,14,17-18,20-21,23,27,31-32,34-35H,3,7,10,13,15-16,19,22,24-26H2,1-2H3,(H,43,51)(H,44,47)/t27?,32-,34?,35-,54?/m0/s1. The highest BCUT2D eigenvalue weighted by Crippen LogP contribution is 2.47. The molecular formula is C41H48N5O7PS. The van der Waals surface area contributed by atoms with Gasteiger partial charge in [-0.15, -0.1) is 11.3 Å². The Morgan fingerprint density at radius 2 is 1.84 bits per heavy atom. The lowest BCUT2D eigenvalue weighted by atomic mass is 9.92. The molecule has 7 rings (SSSR count). The first-order chi connectivity index (χ1) is 26.6. The van der Waals surface area contributed by atoms with Crippen molar-refractivity contribution in [3.8, 4) is 5.75 Å². The average Bonchev–Trinajstić information content (AvgIpc) is 3.76. The summed E-state index contributed by atoms with van der Waals surface area (Å²) in [5.74, 6) is -0.753. The molecule has 0 bridgehead atoms. The van der Waals surface area contributed by atoms with Crippen LogP contribution in [0.1, 0.15) is 79.1 Å². The number of pyridine rings is 1. The molecule has 4 aromatic rings. The fourth-order valence-corrected chi connectivity index (χ4v) is 10.6. The van der Waals surface area contributed by atoms with Crippen molar-refractivity contribution in [2.45, 2.75) is 82.6 Å². The maximum atomic E-state index is 14.3. The largest absolute Gasteiger partial charge is 0.465 e. The first kappa shape index (κ1) is 38.7. The number of hydrogen-bond donors (Lipinski definition) is 2. The molecule has 0 saturated carbocycles. The van der Waals surface area contributed by atoms with Crippen molar-refractivity contribution in [2.24, 2.45) is 5.92 Å². The number of carbonyl (C=O) groups is 4. The van der Waals surface area contributed by atoms with E-state index < -0.39 is 25.5 Å². The summed E-state index contributed by atoms with van der Waals surface area (Å²) >= 11 is 1.32. The minimum Gasteiger partial charge on any atom is -0.465 e. The van der Waals surface area contributed by atoms with Crippen LogP contribution in [0, 0.1) is 5.92 Å². The average molecular weight is 786 g/mol. The van der Waals surface area contributed by atoms with Gasteiger partial charge in [-0.2, -0.15) is 0 Å². The van der Waals surface area contributed by atoms with Crippen molar-refractivity contribution in [3.05, 3.63) is 95.1 Å². The highest BCUT2D eigenvalue weighted by molar-refractivity contribution is 7.56. The molecule has 3 unspecified atom stereocenters. The van der Waals surface area contributed by atoms with Crippen molar-refractivity contribution < 1.29 is 33.0 Å². The van der Waals surface area contributed by atoms with Gasteiger partial charge in [-0.3, -0.25) is 28.7 Å². The van der Waals surface area contributed by atoms with Crippen LogP contribution in [0.3, 0.4) is 0 Å². The van der Waals surface area contributed by atoms with E-state index in [0.29, 0.717) is 49.6 Å². The van der Waals surface area contributed by atoms with Crippen molar-refractivity contribution in [2.75, 3.05) is 26.2 Å². The topological polar surface area (TPSA) is 147 Å². The highest BCUT2D eigenvalue weighted by Gasteiger charge is 2.47. The number of fused-ring (bicyclic) bond motifs is 2. The molecule has 12 nitrogen and oxygen atoms in total. The molecule has 0 aliphatic carbocycles. The molecule has 3 amide bonds. The number of aromatic nitrogens is 1. The number of nitrogens with one attached hydrogen (secondary N) is 2. The van der Waals surface area contributed by atoms with Crippen LogP contribution >= 0.6 is 18.9 Å². The molecule has 3 fully saturated rings. The third kappa shape index (κ3) is 8.95. The van der Waals surface area contributed by atoms with Crippen LogP contribution in [-0.4, -0.2) is 82.8 Å². The van der Waals surface area contributed by atoms with E-state index >= 15 is 0 Å². The van der Waals surface area contributed by atoms with E-state index in [-0.39, 0.29) is 48.4 Å². The van der Waals surface area contributed by atoms with Gasteiger partial charge < -0.3 is 24.4 Å². The lowest BCUT2D eigenvalue weighted by Crippen LogP contribution is -2.58. The van der Waals surface area contributed by atoms with Crippen LogP contribution in [0.2, 0.25) is 0 Å². The smallest absolute Gasteiger partial charge is 0.320 e. The Morgan fingerprint density at radius 1 is 1.02 bits per heavy atom. The summed E-state index contributed by atoms with van der Waals surface area (Å²) in [6.07, 6.45) is 7.85.